The van der Waals surface area contributed by atoms with Gasteiger partial charge in [0.25, 0.3) is 0 Å². The second-order valence-electron chi connectivity index (χ2n) is 5.34. The van der Waals surface area contributed by atoms with Crippen LogP contribution in [-0.2, 0) is 32.3 Å². The normalized spacial score (nSPS) is 18.3. The second kappa shape index (κ2) is 13.3. The molecule has 140 valence electrons. The van der Waals surface area contributed by atoms with Gasteiger partial charge in [0, 0.05) is 0 Å². The summed E-state index contributed by atoms with van der Waals surface area (Å²) in [7, 11) is -3.79. The molecule has 0 aliphatic heterocycles. The molecule has 0 heterocycles. The van der Waals surface area contributed by atoms with Gasteiger partial charge in [-0.15, -0.1) is 0 Å². The van der Waals surface area contributed by atoms with E-state index in [-0.39, 0.29) is 38.7 Å². The standard InChI is InChI=1S/C15H33O7P/c1-7-13(4)17-10-20-23(16,21-11-18-14(5)8-2)22-12-19-15(6)9-3/h13-15H,7-12H2,1-6H3. The molecular weight excluding hydrogens is 323 g/mol. The third-order valence-electron chi connectivity index (χ3n) is 3.41. The summed E-state index contributed by atoms with van der Waals surface area (Å²) in [5, 5.41) is 0. The Morgan fingerprint density at radius 1 is 0.652 bits per heavy atom. The van der Waals surface area contributed by atoms with E-state index in [1.54, 1.807) is 0 Å². The maximum atomic E-state index is 12.5. The quantitative estimate of drug-likeness (QED) is 0.317. The molecule has 3 atom stereocenters. The van der Waals surface area contributed by atoms with Crippen LogP contribution in [0.2, 0.25) is 0 Å². The smallest absolute Gasteiger partial charge is 0.352 e. The van der Waals surface area contributed by atoms with E-state index in [0.29, 0.717) is 0 Å². The molecule has 8 heteroatoms. The van der Waals surface area contributed by atoms with Crippen molar-refractivity contribution in [2.45, 2.75) is 79.1 Å². The van der Waals surface area contributed by atoms with Crippen molar-refractivity contribution in [1.82, 2.24) is 0 Å². The summed E-state index contributed by atoms with van der Waals surface area (Å²) in [6.07, 6.45) is 2.46. The summed E-state index contributed by atoms with van der Waals surface area (Å²) in [6.45, 7) is 11.1. The molecule has 3 unspecified atom stereocenters. The fourth-order valence-electron chi connectivity index (χ4n) is 1.10. The molecule has 0 bridgehead atoms. The van der Waals surface area contributed by atoms with Crippen LogP contribution >= 0.6 is 7.82 Å². The van der Waals surface area contributed by atoms with Gasteiger partial charge in [-0.05, 0) is 40.0 Å². The highest BCUT2D eigenvalue weighted by atomic mass is 31.2. The first-order valence-corrected chi connectivity index (χ1v) is 9.71. The van der Waals surface area contributed by atoms with E-state index in [9.17, 15) is 4.57 Å². The van der Waals surface area contributed by atoms with E-state index in [4.69, 9.17) is 27.8 Å². The van der Waals surface area contributed by atoms with Crippen molar-refractivity contribution < 1.29 is 32.3 Å². The van der Waals surface area contributed by atoms with Crippen LogP contribution in [0.1, 0.15) is 60.8 Å². The lowest BCUT2D eigenvalue weighted by molar-refractivity contribution is -0.0992. The van der Waals surface area contributed by atoms with Gasteiger partial charge in [0.2, 0.25) is 0 Å². The lowest BCUT2D eigenvalue weighted by Crippen LogP contribution is -2.15. The van der Waals surface area contributed by atoms with Crippen LogP contribution in [0.25, 0.3) is 0 Å². The van der Waals surface area contributed by atoms with Gasteiger partial charge >= 0.3 is 7.82 Å². The molecule has 0 aromatic heterocycles. The molecule has 0 fully saturated rings. The predicted octanol–water partition coefficient (Wildman–Crippen LogP) is 4.46. The first-order valence-electron chi connectivity index (χ1n) is 8.25. The number of ether oxygens (including phenoxy) is 3. The van der Waals surface area contributed by atoms with Crippen LogP contribution in [0.15, 0.2) is 0 Å². The third kappa shape index (κ3) is 12.1. The maximum Gasteiger partial charge on any atom is 0.481 e. The van der Waals surface area contributed by atoms with Gasteiger partial charge in [0.1, 0.15) is 0 Å². The van der Waals surface area contributed by atoms with Crippen LogP contribution in [0.3, 0.4) is 0 Å². The molecule has 0 amide bonds. The predicted molar refractivity (Wildman–Crippen MR) is 88.0 cm³/mol. The zero-order valence-electron chi connectivity index (χ0n) is 15.3. The van der Waals surface area contributed by atoms with Crippen LogP contribution in [0.5, 0.6) is 0 Å². The number of hydrogen-bond acceptors (Lipinski definition) is 7. The number of hydrogen-bond donors (Lipinski definition) is 0. The van der Waals surface area contributed by atoms with Gasteiger partial charge in [0.05, 0.1) is 18.3 Å². The lowest BCUT2D eigenvalue weighted by atomic mass is 10.3. The molecule has 0 saturated carbocycles. The minimum Gasteiger partial charge on any atom is -0.352 e. The summed E-state index contributed by atoms with van der Waals surface area (Å²) in [5.74, 6) is 0. The lowest BCUT2D eigenvalue weighted by Gasteiger charge is -2.21. The molecule has 23 heavy (non-hydrogen) atoms. The average Bonchev–Trinajstić information content (AvgIpc) is 2.54. The molecule has 0 radical (unpaired) electrons. The number of phosphoric acid groups is 1. The van der Waals surface area contributed by atoms with Crippen LogP contribution < -0.4 is 0 Å². The second-order valence-corrected chi connectivity index (χ2v) is 7.01. The Kier molecular flexibility index (Phi) is 13.3. The fraction of sp³-hybridized carbons (Fsp3) is 1.00. The molecule has 0 spiro atoms. The van der Waals surface area contributed by atoms with Crippen molar-refractivity contribution in [1.29, 1.82) is 0 Å². The average molecular weight is 356 g/mol. The van der Waals surface area contributed by atoms with Gasteiger partial charge in [-0.2, -0.15) is 0 Å². The molecule has 0 aliphatic carbocycles. The van der Waals surface area contributed by atoms with E-state index >= 15 is 0 Å². The molecule has 0 aliphatic rings. The van der Waals surface area contributed by atoms with Crippen molar-refractivity contribution in [3.63, 3.8) is 0 Å². The first kappa shape index (κ1) is 23.0. The Balaban J connectivity index is 4.35. The summed E-state index contributed by atoms with van der Waals surface area (Å²) in [6, 6.07) is 0. The van der Waals surface area contributed by atoms with E-state index in [2.05, 4.69) is 0 Å². The number of phosphoric ester groups is 1. The van der Waals surface area contributed by atoms with Gasteiger partial charge in [-0.25, -0.2) is 4.57 Å². The molecule has 0 aromatic rings. The Hall–Kier alpha value is -0.0100. The van der Waals surface area contributed by atoms with Crippen LogP contribution in [0, 0.1) is 0 Å². The SMILES string of the molecule is CCC(C)OCOP(=O)(OCOC(C)CC)OCOC(C)CC. The molecule has 0 rings (SSSR count). The first-order chi connectivity index (χ1) is 10.9. The van der Waals surface area contributed by atoms with Crippen molar-refractivity contribution >= 4 is 7.82 Å². The molecule has 0 aromatic carbocycles. The Bertz CT molecular complexity index is 279. The van der Waals surface area contributed by atoms with Gasteiger partial charge in [0.15, 0.2) is 20.4 Å². The van der Waals surface area contributed by atoms with E-state index < -0.39 is 7.82 Å². The minimum atomic E-state index is -3.79. The third-order valence-corrected chi connectivity index (χ3v) is 4.68. The largest absolute Gasteiger partial charge is 0.481 e. The molecule has 7 nitrogen and oxygen atoms in total. The topological polar surface area (TPSA) is 72.5 Å². The zero-order chi connectivity index (χ0) is 17.7. The van der Waals surface area contributed by atoms with E-state index in [0.717, 1.165) is 19.3 Å². The summed E-state index contributed by atoms with van der Waals surface area (Å²) < 4.78 is 44.0. The monoisotopic (exact) mass is 356 g/mol. The highest BCUT2D eigenvalue weighted by Gasteiger charge is 2.28. The molecule has 0 N–H and O–H groups in total. The van der Waals surface area contributed by atoms with Crippen molar-refractivity contribution in [2.75, 3.05) is 20.4 Å². The van der Waals surface area contributed by atoms with Gasteiger partial charge in [-0.1, -0.05) is 20.8 Å². The maximum absolute atomic E-state index is 12.5. The molecular formula is C15H33O7P. The van der Waals surface area contributed by atoms with Gasteiger partial charge < -0.3 is 14.2 Å². The summed E-state index contributed by atoms with van der Waals surface area (Å²) in [4.78, 5) is 0. The Labute approximate surface area is 140 Å². The van der Waals surface area contributed by atoms with Crippen LogP contribution in [-0.4, -0.2) is 38.7 Å². The fourth-order valence-corrected chi connectivity index (χ4v) is 1.89. The zero-order valence-corrected chi connectivity index (χ0v) is 16.2. The summed E-state index contributed by atoms with van der Waals surface area (Å²) >= 11 is 0. The Morgan fingerprint density at radius 3 is 1.13 bits per heavy atom. The molecule has 0 saturated heterocycles. The van der Waals surface area contributed by atoms with Crippen molar-refractivity contribution in [2.24, 2.45) is 0 Å². The highest BCUT2D eigenvalue weighted by Crippen LogP contribution is 2.49. The van der Waals surface area contributed by atoms with E-state index in [1.165, 1.54) is 0 Å². The van der Waals surface area contributed by atoms with Crippen LogP contribution in [0.4, 0.5) is 0 Å². The Morgan fingerprint density at radius 2 is 0.913 bits per heavy atom. The van der Waals surface area contributed by atoms with E-state index in [1.807, 2.05) is 41.5 Å². The number of rotatable bonds is 15. The minimum absolute atomic E-state index is 0.00354. The van der Waals surface area contributed by atoms with Crippen molar-refractivity contribution in [3.8, 4) is 0 Å². The highest BCUT2D eigenvalue weighted by molar-refractivity contribution is 7.48. The van der Waals surface area contributed by atoms with Gasteiger partial charge in [-0.3, -0.25) is 13.6 Å². The summed E-state index contributed by atoms with van der Waals surface area (Å²) in [5.41, 5.74) is 0. The van der Waals surface area contributed by atoms with Crippen molar-refractivity contribution in [3.05, 3.63) is 0 Å².